The van der Waals surface area contributed by atoms with Gasteiger partial charge in [-0.05, 0) is 31.9 Å². The summed E-state index contributed by atoms with van der Waals surface area (Å²) >= 11 is 0. The lowest BCUT2D eigenvalue weighted by Crippen LogP contribution is -2.39. The highest BCUT2D eigenvalue weighted by atomic mass is 16.2. The Bertz CT molecular complexity index is 907. The third kappa shape index (κ3) is 3.20. The Labute approximate surface area is 151 Å². The first-order valence-electron chi connectivity index (χ1n) is 8.75. The number of hydrogen-bond donors (Lipinski definition) is 0. The van der Waals surface area contributed by atoms with Crippen molar-refractivity contribution in [2.45, 2.75) is 25.7 Å². The number of pyridine rings is 1. The average Bonchev–Trinajstić information content (AvgIpc) is 3.14. The van der Waals surface area contributed by atoms with Crippen LogP contribution < -0.4 is 0 Å². The van der Waals surface area contributed by atoms with E-state index >= 15 is 0 Å². The molecule has 0 N–H and O–H groups in total. The van der Waals surface area contributed by atoms with Gasteiger partial charge in [-0.15, -0.1) is 0 Å². The largest absolute Gasteiger partial charge is 0.337 e. The van der Waals surface area contributed by atoms with Gasteiger partial charge in [0.15, 0.2) is 0 Å². The van der Waals surface area contributed by atoms with Crippen LogP contribution in [0.15, 0.2) is 49.2 Å². The normalized spacial score (nSPS) is 17.3. The highest BCUT2D eigenvalue weighted by Gasteiger charge is 2.27. The molecule has 1 saturated heterocycles. The van der Waals surface area contributed by atoms with Crippen molar-refractivity contribution in [1.82, 2.24) is 29.4 Å². The van der Waals surface area contributed by atoms with Crippen LogP contribution in [0.3, 0.4) is 0 Å². The number of imidazole rings is 1. The van der Waals surface area contributed by atoms with E-state index in [1.807, 2.05) is 40.8 Å². The van der Waals surface area contributed by atoms with E-state index in [-0.39, 0.29) is 11.8 Å². The molecule has 7 nitrogen and oxygen atoms in total. The molecule has 1 amide bonds. The molecule has 1 atom stereocenters. The Hall–Kier alpha value is -3.09. The zero-order valence-corrected chi connectivity index (χ0v) is 14.6. The molecule has 26 heavy (non-hydrogen) atoms. The lowest BCUT2D eigenvalue weighted by atomic mass is 9.94. The van der Waals surface area contributed by atoms with E-state index in [4.69, 9.17) is 4.98 Å². The summed E-state index contributed by atoms with van der Waals surface area (Å²) in [7, 11) is 0. The fourth-order valence-corrected chi connectivity index (χ4v) is 3.40. The van der Waals surface area contributed by atoms with Gasteiger partial charge in [-0.3, -0.25) is 14.3 Å². The number of aryl methyl sites for hydroxylation is 1. The fourth-order valence-electron chi connectivity index (χ4n) is 3.40. The lowest BCUT2D eigenvalue weighted by molar-refractivity contribution is 0.0699. The monoisotopic (exact) mass is 348 g/mol. The molecular formula is C19H20N6O. The number of amides is 1. The van der Waals surface area contributed by atoms with Gasteiger partial charge in [-0.2, -0.15) is 0 Å². The van der Waals surface area contributed by atoms with Gasteiger partial charge < -0.3 is 4.90 Å². The minimum Gasteiger partial charge on any atom is -0.337 e. The Balaban J connectivity index is 1.55. The Kier molecular flexibility index (Phi) is 4.43. The number of nitrogens with zero attached hydrogens (tertiary/aromatic N) is 6. The molecule has 1 fully saturated rings. The summed E-state index contributed by atoms with van der Waals surface area (Å²) in [5.74, 6) is 1.91. The molecule has 0 aliphatic carbocycles. The van der Waals surface area contributed by atoms with Gasteiger partial charge in [0, 0.05) is 49.5 Å². The molecular weight excluding hydrogens is 328 g/mol. The zero-order chi connectivity index (χ0) is 17.9. The van der Waals surface area contributed by atoms with Crippen molar-refractivity contribution in [3.8, 4) is 5.82 Å². The van der Waals surface area contributed by atoms with Crippen LogP contribution in [-0.2, 0) is 0 Å². The van der Waals surface area contributed by atoms with Gasteiger partial charge >= 0.3 is 0 Å². The first kappa shape index (κ1) is 16.4. The quantitative estimate of drug-likeness (QED) is 0.726. The van der Waals surface area contributed by atoms with Crippen LogP contribution >= 0.6 is 0 Å². The predicted molar refractivity (Wildman–Crippen MR) is 96.0 cm³/mol. The number of rotatable bonds is 3. The highest BCUT2D eigenvalue weighted by molar-refractivity contribution is 5.92. The Morgan fingerprint density at radius 3 is 2.88 bits per heavy atom. The fraction of sp³-hybridized carbons (Fsp3) is 0.316. The van der Waals surface area contributed by atoms with Crippen molar-refractivity contribution in [3.05, 3.63) is 66.4 Å². The Morgan fingerprint density at radius 2 is 2.12 bits per heavy atom. The van der Waals surface area contributed by atoms with E-state index in [2.05, 4.69) is 15.0 Å². The first-order chi connectivity index (χ1) is 12.7. The molecule has 0 radical (unpaired) electrons. The molecule has 132 valence electrons. The standard InChI is InChI=1S/C19H20N6O/c1-14-21-9-11-25(14)18-6-2-5-16(23-18)15-4-3-10-24(13-15)19(26)17-12-20-7-8-22-17/h2,5-9,11-12,15H,3-4,10,13H2,1H3. The van der Waals surface area contributed by atoms with Crippen molar-refractivity contribution in [2.75, 3.05) is 13.1 Å². The maximum Gasteiger partial charge on any atom is 0.274 e. The summed E-state index contributed by atoms with van der Waals surface area (Å²) in [5, 5.41) is 0. The van der Waals surface area contributed by atoms with Crippen molar-refractivity contribution in [3.63, 3.8) is 0 Å². The third-order valence-electron chi connectivity index (χ3n) is 4.74. The summed E-state index contributed by atoms with van der Waals surface area (Å²) < 4.78 is 1.97. The number of hydrogen-bond acceptors (Lipinski definition) is 5. The molecule has 0 spiro atoms. The van der Waals surface area contributed by atoms with Gasteiger partial charge in [0.05, 0.1) is 6.20 Å². The van der Waals surface area contributed by atoms with E-state index < -0.39 is 0 Å². The average molecular weight is 348 g/mol. The summed E-state index contributed by atoms with van der Waals surface area (Å²) in [4.78, 5) is 31.7. The number of likely N-dealkylation sites (tertiary alicyclic amines) is 1. The van der Waals surface area contributed by atoms with Gasteiger partial charge in [0.1, 0.15) is 17.3 Å². The van der Waals surface area contributed by atoms with E-state index in [0.29, 0.717) is 12.2 Å². The maximum absolute atomic E-state index is 12.7. The van der Waals surface area contributed by atoms with E-state index in [0.717, 1.165) is 36.7 Å². The molecule has 7 heteroatoms. The molecule has 1 unspecified atom stereocenters. The topological polar surface area (TPSA) is 76.8 Å². The molecule has 4 heterocycles. The number of carbonyl (C=O) groups is 1. The molecule has 1 aliphatic heterocycles. The van der Waals surface area contributed by atoms with Crippen LogP contribution in [0.4, 0.5) is 0 Å². The minimum atomic E-state index is -0.0654. The smallest absolute Gasteiger partial charge is 0.274 e. The van der Waals surface area contributed by atoms with Crippen LogP contribution in [0.5, 0.6) is 0 Å². The number of aromatic nitrogens is 5. The summed E-state index contributed by atoms with van der Waals surface area (Å²) in [6.45, 7) is 3.34. The molecule has 3 aromatic rings. The van der Waals surface area contributed by atoms with Gasteiger partial charge in [-0.1, -0.05) is 6.07 Å². The van der Waals surface area contributed by atoms with Crippen LogP contribution in [-0.4, -0.2) is 48.4 Å². The molecule has 4 rings (SSSR count). The second-order valence-electron chi connectivity index (χ2n) is 6.45. The van der Waals surface area contributed by atoms with Crippen LogP contribution in [0.2, 0.25) is 0 Å². The second-order valence-corrected chi connectivity index (χ2v) is 6.45. The molecule has 0 aromatic carbocycles. The number of piperidine rings is 1. The van der Waals surface area contributed by atoms with Gasteiger partial charge in [0.25, 0.3) is 5.91 Å². The summed E-state index contributed by atoms with van der Waals surface area (Å²) in [5.41, 5.74) is 1.40. The maximum atomic E-state index is 12.7. The highest BCUT2D eigenvalue weighted by Crippen LogP contribution is 2.27. The van der Waals surface area contributed by atoms with Crippen molar-refractivity contribution >= 4 is 5.91 Å². The molecule has 1 aliphatic rings. The summed E-state index contributed by atoms with van der Waals surface area (Å²) in [6.07, 6.45) is 10.3. The predicted octanol–water partition coefficient (Wildman–Crippen LogP) is 2.39. The molecule has 0 saturated carbocycles. The summed E-state index contributed by atoms with van der Waals surface area (Å²) in [6, 6.07) is 6.03. The minimum absolute atomic E-state index is 0.0654. The second kappa shape index (κ2) is 7.03. The van der Waals surface area contributed by atoms with E-state index in [1.165, 1.54) is 6.20 Å². The van der Waals surface area contributed by atoms with Gasteiger partial charge in [-0.25, -0.2) is 15.0 Å². The lowest BCUT2D eigenvalue weighted by Gasteiger charge is -2.32. The van der Waals surface area contributed by atoms with Crippen molar-refractivity contribution in [1.29, 1.82) is 0 Å². The van der Waals surface area contributed by atoms with Crippen LogP contribution in [0.25, 0.3) is 5.82 Å². The third-order valence-corrected chi connectivity index (χ3v) is 4.74. The van der Waals surface area contributed by atoms with Crippen molar-refractivity contribution in [2.24, 2.45) is 0 Å². The zero-order valence-electron chi connectivity index (χ0n) is 14.6. The Morgan fingerprint density at radius 1 is 1.19 bits per heavy atom. The van der Waals surface area contributed by atoms with E-state index in [9.17, 15) is 4.79 Å². The molecule has 0 bridgehead atoms. The van der Waals surface area contributed by atoms with Crippen molar-refractivity contribution < 1.29 is 4.79 Å². The number of carbonyl (C=O) groups excluding carboxylic acids is 1. The van der Waals surface area contributed by atoms with Gasteiger partial charge in [0.2, 0.25) is 0 Å². The van der Waals surface area contributed by atoms with Crippen LogP contribution in [0.1, 0.15) is 40.8 Å². The van der Waals surface area contributed by atoms with Crippen LogP contribution in [0, 0.1) is 6.92 Å². The first-order valence-corrected chi connectivity index (χ1v) is 8.75. The van der Waals surface area contributed by atoms with E-state index in [1.54, 1.807) is 18.6 Å². The SMILES string of the molecule is Cc1nccn1-c1cccc(C2CCCN(C(=O)c3cnccn3)C2)n1. The molecule has 3 aromatic heterocycles.